The summed E-state index contributed by atoms with van der Waals surface area (Å²) in [6, 6.07) is 7.33. The normalized spacial score (nSPS) is 34.5. The van der Waals surface area contributed by atoms with Gasteiger partial charge in [0.2, 0.25) is 6.10 Å². The predicted molar refractivity (Wildman–Crippen MR) is 196 cm³/mol. The summed E-state index contributed by atoms with van der Waals surface area (Å²) in [5.74, 6) is -5.73. The highest BCUT2D eigenvalue weighted by atomic mass is 16.6. The molecule has 0 aromatic heterocycles. The number of ether oxygens (including phenoxy) is 5. The molecule has 55 heavy (non-hydrogen) atoms. The number of rotatable bonds is 13. The van der Waals surface area contributed by atoms with E-state index in [-0.39, 0.29) is 25.0 Å². The van der Waals surface area contributed by atoms with E-state index in [0.717, 1.165) is 7.41 Å². The van der Waals surface area contributed by atoms with Gasteiger partial charge in [-0.25, -0.2) is 4.79 Å². The fourth-order valence-corrected chi connectivity index (χ4v) is 10.00. The molecular formula is C38H52BN4O12. The summed E-state index contributed by atoms with van der Waals surface area (Å²) in [5, 5.41) is 16.1. The number of aliphatic hydroxyl groups is 1. The van der Waals surface area contributed by atoms with Crippen molar-refractivity contribution in [3.8, 4) is 0 Å². The van der Waals surface area contributed by atoms with E-state index in [0.29, 0.717) is 17.3 Å². The highest BCUT2D eigenvalue weighted by molar-refractivity contribution is 6.64. The Morgan fingerprint density at radius 1 is 1.00 bits per heavy atom. The summed E-state index contributed by atoms with van der Waals surface area (Å²) in [4.78, 5) is 79.7. The molecule has 299 valence electrons. The smallest absolute Gasteiger partial charge is 0.350 e. The molecule has 8 N–H and O–H groups in total. The van der Waals surface area contributed by atoms with Crippen molar-refractivity contribution in [2.24, 2.45) is 45.3 Å². The van der Waals surface area contributed by atoms with E-state index in [4.69, 9.17) is 40.9 Å². The average Bonchev–Trinajstić information content (AvgIpc) is 3.15. The molecule has 1 radical (unpaired) electrons. The van der Waals surface area contributed by atoms with E-state index in [1.165, 1.54) is 0 Å². The molecule has 3 aliphatic carbocycles. The minimum atomic E-state index is -1.79. The molecule has 0 amide bonds. The van der Waals surface area contributed by atoms with Crippen molar-refractivity contribution in [3.05, 3.63) is 47.0 Å². The van der Waals surface area contributed by atoms with Crippen molar-refractivity contribution in [3.63, 3.8) is 0 Å². The molecular weight excluding hydrogens is 715 g/mol. The Hall–Kier alpha value is -4.00. The minimum absolute atomic E-state index is 0.159. The molecule has 0 spiro atoms. The summed E-state index contributed by atoms with van der Waals surface area (Å²) in [7, 11) is 1.05. The van der Waals surface area contributed by atoms with Gasteiger partial charge in [-0.15, -0.1) is 0 Å². The van der Waals surface area contributed by atoms with Gasteiger partial charge in [-0.1, -0.05) is 58.0 Å². The maximum absolute atomic E-state index is 15.4. The quantitative estimate of drug-likeness (QED) is 0.0571. The first kappa shape index (κ1) is 42.2. The van der Waals surface area contributed by atoms with E-state index < -0.39 is 120 Å². The van der Waals surface area contributed by atoms with Crippen LogP contribution in [0.3, 0.4) is 0 Å². The SMILES string of the molecule is CC1=C2[C@@H](OC(=O)CN)C(=O)[C@]3(C)[C@@H](OC(=O)CN)C[C@H]4OC[C@@]4(C)[C@H]3[C@H](C)[C@](O)(C[C@@H]1OC(=O)[C@H](OC(=O)CN)[C@@H](N[B]C=O)c1ccccc1)C2(C)C. The van der Waals surface area contributed by atoms with E-state index >= 15 is 4.79 Å². The second-order valence-electron chi connectivity index (χ2n) is 16.0. The number of esters is 4. The second kappa shape index (κ2) is 15.9. The molecule has 1 saturated heterocycles. The van der Waals surface area contributed by atoms with Crippen LogP contribution in [0, 0.1) is 28.1 Å². The van der Waals surface area contributed by atoms with Gasteiger partial charge >= 0.3 is 23.9 Å². The Kier molecular flexibility index (Phi) is 12.2. The van der Waals surface area contributed by atoms with Gasteiger partial charge in [0.05, 0.1) is 55.6 Å². The van der Waals surface area contributed by atoms with Crippen molar-refractivity contribution in [2.45, 2.75) is 96.5 Å². The molecule has 11 atom stereocenters. The standard InChI is InChI=1S/C38H52BN4O12/c1-19-22(52-34(49)31(55-27(47)16-42)29(43-39-18-44)21-10-8-7-9-11-21)13-38(50)20(2)32-36(5)17-51-23(36)12-24(53-25(45)14-40)37(32,6)33(48)30(54-26(46)15-41)28(19)35(38,3)4/h7-11,18,20,22-24,29-32,43,50H,12-17,40-42H2,1-6H3/t20-,22-,23+,24-,29-,30+,31+,32+,36+,37+,38+/m0/s1. The number of benzene rings is 1. The molecule has 0 unspecified atom stereocenters. The van der Waals surface area contributed by atoms with Gasteiger partial charge in [0.1, 0.15) is 12.2 Å². The summed E-state index contributed by atoms with van der Waals surface area (Å²) >= 11 is 0. The number of nitrogens with one attached hydrogen (secondary N) is 1. The third-order valence-corrected chi connectivity index (χ3v) is 12.8. The number of carbonyl (C=O) groups excluding carboxylic acids is 6. The van der Waals surface area contributed by atoms with Crippen molar-refractivity contribution < 1.29 is 57.6 Å². The minimum Gasteiger partial charge on any atom is -0.460 e. The Morgan fingerprint density at radius 2 is 1.62 bits per heavy atom. The van der Waals surface area contributed by atoms with Crippen molar-refractivity contribution in [1.29, 1.82) is 0 Å². The summed E-state index contributed by atoms with van der Waals surface area (Å²) in [6.07, 6.45) is -5.69. The van der Waals surface area contributed by atoms with Gasteiger partial charge in [0.25, 0.3) is 7.41 Å². The lowest BCUT2D eigenvalue weighted by Crippen LogP contribution is -2.75. The lowest BCUT2D eigenvalue weighted by molar-refractivity contribution is -0.304. The van der Waals surface area contributed by atoms with Gasteiger partial charge in [0.15, 0.2) is 11.9 Å². The first-order chi connectivity index (χ1) is 25.9. The van der Waals surface area contributed by atoms with Crippen LogP contribution in [0.4, 0.5) is 0 Å². The van der Waals surface area contributed by atoms with E-state index in [2.05, 4.69) is 5.23 Å². The number of nitrogens with two attached hydrogens (primary N) is 3. The fourth-order valence-electron chi connectivity index (χ4n) is 10.00. The maximum atomic E-state index is 15.4. The molecule has 4 aliphatic rings. The monoisotopic (exact) mass is 767 g/mol. The van der Waals surface area contributed by atoms with Crippen LogP contribution in [-0.4, -0.2) is 111 Å². The highest BCUT2D eigenvalue weighted by Crippen LogP contribution is 2.67. The number of fused-ring (bicyclic) bond motifs is 5. The molecule has 2 saturated carbocycles. The average molecular weight is 768 g/mol. The third-order valence-electron chi connectivity index (χ3n) is 12.8. The number of carbonyl (C=O) groups is 6. The third kappa shape index (κ3) is 7.03. The Morgan fingerprint density at radius 3 is 2.18 bits per heavy atom. The van der Waals surface area contributed by atoms with Crippen LogP contribution < -0.4 is 22.4 Å². The van der Waals surface area contributed by atoms with Crippen molar-refractivity contribution in [1.82, 2.24) is 5.23 Å². The van der Waals surface area contributed by atoms with Gasteiger partial charge in [-0.2, -0.15) is 0 Å². The zero-order valence-corrected chi connectivity index (χ0v) is 32.1. The van der Waals surface area contributed by atoms with Gasteiger partial charge in [-0.05, 0) is 42.4 Å². The van der Waals surface area contributed by atoms with Crippen LogP contribution in [0.15, 0.2) is 41.5 Å². The Balaban J connectivity index is 1.69. The summed E-state index contributed by atoms with van der Waals surface area (Å²) in [5.41, 5.74) is 12.5. The largest absolute Gasteiger partial charge is 0.460 e. The molecule has 1 heterocycles. The lowest BCUT2D eigenvalue weighted by atomic mass is 9.40. The van der Waals surface area contributed by atoms with Crippen LogP contribution in [0.5, 0.6) is 0 Å². The maximum Gasteiger partial charge on any atom is 0.350 e. The van der Waals surface area contributed by atoms with Gasteiger partial charge in [-0.3, -0.25) is 19.2 Å². The molecule has 17 heteroatoms. The molecule has 1 aliphatic heterocycles. The van der Waals surface area contributed by atoms with Crippen LogP contribution >= 0.6 is 0 Å². The van der Waals surface area contributed by atoms with Crippen LogP contribution in [0.25, 0.3) is 0 Å². The van der Waals surface area contributed by atoms with E-state index in [1.807, 2.05) is 13.8 Å². The van der Waals surface area contributed by atoms with Crippen LogP contribution in [0.1, 0.15) is 66.0 Å². The number of hydrogen-bond acceptors (Lipinski definition) is 16. The summed E-state index contributed by atoms with van der Waals surface area (Å²) < 4.78 is 29.5. The Bertz CT molecular complexity index is 1730. The molecule has 1 aromatic carbocycles. The van der Waals surface area contributed by atoms with E-state index in [9.17, 15) is 29.1 Å². The number of Topliss-reactive ketones (excluding diaryl/α,β-unsaturated/α-hetero) is 1. The first-order valence-corrected chi connectivity index (χ1v) is 18.4. The summed E-state index contributed by atoms with van der Waals surface area (Å²) in [6.45, 7) is 9.17. The molecule has 5 rings (SSSR count). The first-order valence-electron chi connectivity index (χ1n) is 18.4. The molecule has 3 fully saturated rings. The van der Waals surface area contributed by atoms with Gasteiger partial charge < -0.3 is 56.0 Å². The second-order valence-corrected chi connectivity index (χ2v) is 16.0. The number of hydrogen-bond donors (Lipinski definition) is 5. The zero-order chi connectivity index (χ0) is 40.7. The topological polar surface area (TPSA) is 259 Å². The predicted octanol–water partition coefficient (Wildman–Crippen LogP) is -0.222. The fraction of sp³-hybridized carbons (Fsp3) is 0.632. The van der Waals surface area contributed by atoms with Crippen LogP contribution in [-0.2, 0) is 52.5 Å². The lowest BCUT2D eigenvalue weighted by Gasteiger charge is -2.68. The zero-order valence-electron chi connectivity index (χ0n) is 32.1. The van der Waals surface area contributed by atoms with Crippen LogP contribution in [0.2, 0.25) is 0 Å². The molecule has 16 nitrogen and oxygen atoms in total. The highest BCUT2D eigenvalue weighted by Gasteiger charge is 2.74. The van der Waals surface area contributed by atoms with E-state index in [1.54, 1.807) is 58.0 Å². The molecule has 2 bridgehead atoms. The molecule has 1 aromatic rings. The van der Waals surface area contributed by atoms with Crippen molar-refractivity contribution >= 4 is 43.3 Å². The number of ketones is 1. The van der Waals surface area contributed by atoms with Crippen molar-refractivity contribution in [2.75, 3.05) is 26.2 Å². The van der Waals surface area contributed by atoms with Gasteiger partial charge in [0, 0.05) is 23.7 Å². The Labute approximate surface area is 320 Å².